The Balaban J connectivity index is 3.42. The van der Waals surface area contributed by atoms with Crippen molar-refractivity contribution in [1.29, 1.82) is 0 Å². The molecule has 1 atom stereocenters. The van der Waals surface area contributed by atoms with Crippen LogP contribution in [0.3, 0.4) is 0 Å². The molecule has 14 heavy (non-hydrogen) atoms. The molecule has 86 valence electrons. The molecule has 0 aliphatic rings. The van der Waals surface area contributed by atoms with Gasteiger partial charge in [0.05, 0.1) is 6.10 Å². The zero-order chi connectivity index (χ0) is 11.2. The molecule has 0 aromatic heterocycles. The average molecular weight is 219 g/mol. The highest BCUT2D eigenvalue weighted by Gasteiger charge is 2.11. The highest BCUT2D eigenvalue weighted by Crippen LogP contribution is 2.09. The fourth-order valence-electron chi connectivity index (χ4n) is 0.923. The largest absolute Gasteiger partial charge is 0.391 e. The van der Waals surface area contributed by atoms with Crippen LogP contribution in [0.2, 0.25) is 0 Å². The first-order valence-corrected chi connectivity index (χ1v) is 6.47. The van der Waals surface area contributed by atoms with E-state index in [4.69, 9.17) is 0 Å². The van der Waals surface area contributed by atoms with Gasteiger partial charge in [0.2, 0.25) is 0 Å². The molecule has 2 N–H and O–H groups in total. The Morgan fingerprint density at radius 2 is 1.79 bits per heavy atom. The summed E-state index contributed by atoms with van der Waals surface area (Å²) in [6.07, 6.45) is -0.224. The summed E-state index contributed by atoms with van der Waals surface area (Å²) in [5.41, 5.74) is 0.101. The smallest absolute Gasteiger partial charge is 0.0755 e. The van der Waals surface area contributed by atoms with Crippen molar-refractivity contribution >= 4 is 11.8 Å². The number of nitrogens with one attached hydrogen (secondary N) is 1. The molecule has 0 rings (SSSR count). The van der Waals surface area contributed by atoms with Crippen molar-refractivity contribution < 1.29 is 5.11 Å². The molecule has 0 heterocycles. The summed E-state index contributed by atoms with van der Waals surface area (Å²) >= 11 is 1.83. The van der Waals surface area contributed by atoms with Gasteiger partial charge in [-0.25, -0.2) is 0 Å². The minimum Gasteiger partial charge on any atom is -0.391 e. The van der Waals surface area contributed by atoms with Crippen molar-refractivity contribution in [2.24, 2.45) is 5.92 Å². The van der Waals surface area contributed by atoms with E-state index in [0.717, 1.165) is 11.5 Å². The molecule has 0 aromatic rings. The molecule has 3 heteroatoms. The van der Waals surface area contributed by atoms with E-state index in [-0.39, 0.29) is 11.6 Å². The van der Waals surface area contributed by atoms with Gasteiger partial charge in [0, 0.05) is 17.8 Å². The Labute approximate surface area is 92.9 Å². The number of β-amino-alcohol motifs (C(OH)–C–C–N with tert-alkyl or cyclic N) is 1. The number of aliphatic hydroxyl groups is 1. The zero-order valence-corrected chi connectivity index (χ0v) is 10.9. The van der Waals surface area contributed by atoms with Crippen LogP contribution in [0, 0.1) is 5.92 Å². The Bertz CT molecular complexity index is 143. The molecule has 0 saturated heterocycles. The second-order valence-electron chi connectivity index (χ2n) is 5.22. The van der Waals surface area contributed by atoms with Crippen LogP contribution >= 0.6 is 11.8 Å². The van der Waals surface area contributed by atoms with Gasteiger partial charge in [-0.1, -0.05) is 13.8 Å². The SMILES string of the molecule is CC(C)CSCC(O)CNC(C)(C)C. The van der Waals surface area contributed by atoms with Crippen molar-refractivity contribution in [3.63, 3.8) is 0 Å². The van der Waals surface area contributed by atoms with Gasteiger partial charge in [0.15, 0.2) is 0 Å². The summed E-state index contributed by atoms with van der Waals surface area (Å²) in [7, 11) is 0. The number of aliphatic hydroxyl groups excluding tert-OH is 1. The van der Waals surface area contributed by atoms with Gasteiger partial charge in [-0.3, -0.25) is 0 Å². The van der Waals surface area contributed by atoms with Crippen molar-refractivity contribution in [2.75, 3.05) is 18.1 Å². The first-order valence-electron chi connectivity index (χ1n) is 5.32. The molecule has 0 aromatic carbocycles. The van der Waals surface area contributed by atoms with Gasteiger partial charge in [-0.15, -0.1) is 0 Å². The lowest BCUT2D eigenvalue weighted by atomic mass is 10.1. The Hall–Kier alpha value is 0.270. The number of hydrogen-bond acceptors (Lipinski definition) is 3. The fraction of sp³-hybridized carbons (Fsp3) is 1.00. The number of thioether (sulfide) groups is 1. The van der Waals surface area contributed by atoms with Crippen LogP contribution in [0.4, 0.5) is 0 Å². The highest BCUT2D eigenvalue weighted by molar-refractivity contribution is 7.99. The maximum Gasteiger partial charge on any atom is 0.0755 e. The second-order valence-corrected chi connectivity index (χ2v) is 6.29. The molecule has 0 spiro atoms. The van der Waals surface area contributed by atoms with E-state index >= 15 is 0 Å². The standard InChI is InChI=1S/C11H25NOS/c1-9(2)7-14-8-10(13)6-12-11(3,4)5/h9-10,12-13H,6-8H2,1-5H3. The van der Waals surface area contributed by atoms with Gasteiger partial charge in [0.25, 0.3) is 0 Å². The van der Waals surface area contributed by atoms with Crippen LogP contribution in [0.15, 0.2) is 0 Å². The molecule has 0 radical (unpaired) electrons. The van der Waals surface area contributed by atoms with E-state index in [1.54, 1.807) is 0 Å². The van der Waals surface area contributed by atoms with Crippen molar-refractivity contribution in [1.82, 2.24) is 5.32 Å². The fourth-order valence-corrected chi connectivity index (χ4v) is 1.92. The highest BCUT2D eigenvalue weighted by atomic mass is 32.2. The zero-order valence-electron chi connectivity index (χ0n) is 10.1. The first kappa shape index (κ1) is 14.3. The first-order chi connectivity index (χ1) is 6.31. The van der Waals surface area contributed by atoms with E-state index in [9.17, 15) is 5.11 Å². The van der Waals surface area contributed by atoms with E-state index in [1.165, 1.54) is 0 Å². The molecule has 0 saturated carbocycles. The normalized spacial score (nSPS) is 14.8. The molecular formula is C11H25NOS. The van der Waals surface area contributed by atoms with E-state index in [2.05, 4.69) is 39.9 Å². The van der Waals surface area contributed by atoms with Crippen molar-refractivity contribution in [3.8, 4) is 0 Å². The maximum atomic E-state index is 9.64. The summed E-state index contributed by atoms with van der Waals surface area (Å²) in [5, 5.41) is 12.9. The minimum absolute atomic E-state index is 0.101. The molecule has 2 nitrogen and oxygen atoms in total. The number of rotatable bonds is 6. The van der Waals surface area contributed by atoms with E-state index in [1.807, 2.05) is 11.8 Å². The van der Waals surface area contributed by atoms with Crippen LogP contribution in [-0.4, -0.2) is 34.8 Å². The average Bonchev–Trinajstić information content (AvgIpc) is 1.99. The summed E-state index contributed by atoms with van der Waals surface area (Å²) in [4.78, 5) is 0. The monoisotopic (exact) mass is 219 g/mol. The van der Waals surface area contributed by atoms with Crippen LogP contribution in [0.5, 0.6) is 0 Å². The minimum atomic E-state index is -0.224. The predicted molar refractivity (Wildman–Crippen MR) is 65.9 cm³/mol. The lowest BCUT2D eigenvalue weighted by Gasteiger charge is -2.22. The third-order valence-corrected chi connectivity index (χ3v) is 3.15. The third kappa shape index (κ3) is 10.4. The van der Waals surface area contributed by atoms with Crippen LogP contribution < -0.4 is 5.32 Å². The molecule has 0 aliphatic heterocycles. The van der Waals surface area contributed by atoms with Crippen molar-refractivity contribution in [3.05, 3.63) is 0 Å². The summed E-state index contributed by atoms with van der Waals surface area (Å²) in [6.45, 7) is 11.4. The quantitative estimate of drug-likeness (QED) is 0.718. The summed E-state index contributed by atoms with van der Waals surface area (Å²) in [6, 6.07) is 0. The lowest BCUT2D eigenvalue weighted by molar-refractivity contribution is 0.183. The molecule has 0 fully saturated rings. The molecule has 0 bridgehead atoms. The van der Waals surface area contributed by atoms with Gasteiger partial charge >= 0.3 is 0 Å². The Morgan fingerprint density at radius 3 is 2.21 bits per heavy atom. The molecule has 0 amide bonds. The molecule has 0 aliphatic carbocycles. The van der Waals surface area contributed by atoms with Gasteiger partial charge < -0.3 is 10.4 Å². The van der Waals surface area contributed by atoms with Crippen molar-refractivity contribution in [2.45, 2.75) is 46.3 Å². The van der Waals surface area contributed by atoms with Gasteiger partial charge in [-0.05, 0) is 32.4 Å². The van der Waals surface area contributed by atoms with E-state index in [0.29, 0.717) is 12.5 Å². The summed E-state index contributed by atoms with van der Waals surface area (Å²) in [5.74, 6) is 2.68. The van der Waals surface area contributed by atoms with Crippen LogP contribution in [-0.2, 0) is 0 Å². The van der Waals surface area contributed by atoms with Crippen LogP contribution in [0.1, 0.15) is 34.6 Å². The Kier molecular flexibility index (Phi) is 6.83. The third-order valence-electron chi connectivity index (χ3n) is 1.63. The summed E-state index contributed by atoms with van der Waals surface area (Å²) < 4.78 is 0. The van der Waals surface area contributed by atoms with Crippen LogP contribution in [0.25, 0.3) is 0 Å². The predicted octanol–water partition coefficient (Wildman–Crippen LogP) is 2.12. The molecule has 1 unspecified atom stereocenters. The second kappa shape index (κ2) is 6.70. The topological polar surface area (TPSA) is 32.3 Å². The lowest BCUT2D eigenvalue weighted by Crippen LogP contribution is -2.41. The van der Waals surface area contributed by atoms with Gasteiger partial charge in [-0.2, -0.15) is 11.8 Å². The number of hydrogen-bond donors (Lipinski definition) is 2. The van der Waals surface area contributed by atoms with Gasteiger partial charge in [0.1, 0.15) is 0 Å². The van der Waals surface area contributed by atoms with E-state index < -0.39 is 0 Å². The maximum absolute atomic E-state index is 9.64. The Morgan fingerprint density at radius 1 is 1.21 bits per heavy atom. The molecular weight excluding hydrogens is 194 g/mol.